The van der Waals surface area contributed by atoms with Crippen LogP contribution in [-0.4, -0.2) is 80.0 Å². The van der Waals surface area contributed by atoms with Gasteiger partial charge in [0, 0.05) is 25.2 Å². The monoisotopic (exact) mass is 1820 g/mol. The van der Waals surface area contributed by atoms with Crippen LogP contribution in [0.3, 0.4) is 0 Å². The molecule has 130 heavy (non-hydrogen) atoms. The molecule has 0 aliphatic heterocycles. The van der Waals surface area contributed by atoms with E-state index in [0.717, 1.165) is 248 Å². The third-order valence-corrected chi connectivity index (χ3v) is 33.8. The number of carboxylic acid groups (broad SMARTS) is 3. The maximum atomic E-state index is 13.8. The van der Waals surface area contributed by atoms with E-state index in [-0.39, 0.29) is 61.4 Å². The number of carbonyl (C=O) groups is 3. The van der Waals surface area contributed by atoms with E-state index in [0.29, 0.717) is 24.3 Å². The van der Waals surface area contributed by atoms with Crippen molar-refractivity contribution in [1.29, 1.82) is 0 Å². The lowest BCUT2D eigenvalue weighted by Crippen LogP contribution is -2.50. The maximum Gasteiger partial charge on any atom is 0.303 e. The molecule has 6 aliphatic rings. The highest BCUT2D eigenvalue weighted by atomic mass is 32.1. The van der Waals surface area contributed by atoms with Crippen LogP contribution in [0.1, 0.15) is 629 Å². The Balaban J connectivity index is 1.69. The Hall–Kier alpha value is -4.16. The predicted octanol–water partition coefficient (Wildman–Crippen LogP) is 34.8. The Morgan fingerprint density at radius 3 is 0.700 bits per heavy atom. The molecule has 9 rings (SSSR count). The van der Waals surface area contributed by atoms with Crippen molar-refractivity contribution in [3.05, 3.63) is 103 Å². The first-order chi connectivity index (χ1) is 63.8. The molecule has 6 saturated carbocycles. The molecule has 0 aromatic heterocycles. The minimum absolute atomic E-state index is 0.0202. The van der Waals surface area contributed by atoms with E-state index in [1.807, 2.05) is 0 Å². The van der Waals surface area contributed by atoms with E-state index in [4.69, 9.17) is 17.0 Å². The van der Waals surface area contributed by atoms with Gasteiger partial charge in [0.05, 0.1) is 30.7 Å². The van der Waals surface area contributed by atoms with Crippen molar-refractivity contribution in [3.8, 4) is 0 Å². The van der Waals surface area contributed by atoms with Crippen molar-refractivity contribution >= 4 is 35.2 Å². The molecule has 6 aliphatic carbocycles. The lowest BCUT2D eigenvalue weighted by Gasteiger charge is -2.51. The largest absolute Gasteiger partial charge is 0.485 e. The highest BCUT2D eigenvalue weighted by molar-refractivity contribution is 7.80. The molecule has 1 atom stereocenters. The van der Waals surface area contributed by atoms with Crippen molar-refractivity contribution < 1.29 is 49.8 Å². The first kappa shape index (κ1) is 109. The van der Waals surface area contributed by atoms with Gasteiger partial charge in [0.1, 0.15) is 6.61 Å². The normalized spacial score (nSPS) is 20.6. The standard InChI is InChI=1S/C119H196O10S/c1-2-3-4-5-6-7-26-39-52-65-78-110(114-104(98-66-53-40-27-14-8-15-28-41-54-67-98)85-95(79-82-111(123)124)86-105(114)99-68-55-42-29-16-9-17-30-43-56-69-99)119(117(130)129-94-118(91-120,92-121)93-122,115-106(100-70-57-44-31-18-10-19-32-45-58-71-100)87-96(80-83-112(125)126)88-107(115)101-72-59-46-33-20-11-21-34-47-60-73-101)116-108(102-74-61-48-35-22-12-23-36-49-62-75-102)89-97(81-84-113(127)128)90-109(116)103-76-63-50-37-24-13-25-38-51-64-77-103/h85-90,98-103,110,120-122H,2-84,91-94H2,1H3,(H,123,124)(H,125,126)(H,127,128). The number of thiocarbonyl (C=S) groups is 1. The van der Waals surface area contributed by atoms with Crippen LogP contribution >= 0.6 is 12.2 Å². The Morgan fingerprint density at radius 2 is 0.492 bits per heavy atom. The van der Waals surface area contributed by atoms with Crippen molar-refractivity contribution in [2.45, 2.75) is 587 Å². The number of unbranched alkanes of at least 4 members (excludes halogenated alkanes) is 9. The molecule has 3 aromatic carbocycles. The van der Waals surface area contributed by atoms with Crippen LogP contribution in [0.25, 0.3) is 0 Å². The molecule has 11 heteroatoms. The van der Waals surface area contributed by atoms with E-state index in [1.54, 1.807) is 0 Å². The molecule has 0 heterocycles. The number of hydrogen-bond donors (Lipinski definition) is 6. The molecule has 1 unspecified atom stereocenters. The Bertz CT molecular complexity index is 3190. The summed E-state index contributed by atoms with van der Waals surface area (Å²) in [4.78, 5) is 41.3. The van der Waals surface area contributed by atoms with Gasteiger partial charge in [-0.15, -0.1) is 0 Å². The molecule has 0 bridgehead atoms. The smallest absolute Gasteiger partial charge is 0.303 e. The van der Waals surface area contributed by atoms with Crippen LogP contribution in [-0.2, 0) is 43.8 Å². The summed E-state index contributed by atoms with van der Waals surface area (Å²) in [6.45, 7) is 0.594. The summed E-state index contributed by atoms with van der Waals surface area (Å²) < 4.78 is 8.47. The van der Waals surface area contributed by atoms with Gasteiger partial charge >= 0.3 is 17.9 Å². The SMILES string of the molecule is CCCCCCCCCCCCC(c1c(C2CCCCCCCCCCC2)cc(CCC(=O)O)cc1C1CCCCCCCCCCC1)C(C(=S)OCC(CO)(CO)CO)(c1c(C2CCCCCCCCCCC2)cc(CCC(=O)O)cc1C1CCCCCCCCCCC1)c1c(C2CCCCCCCCCCC2)cc(CCC(=O)O)cc1C1CCCCCCCCCCC1. The van der Waals surface area contributed by atoms with Crippen LogP contribution in [0.15, 0.2) is 36.4 Å². The highest BCUT2D eigenvalue weighted by Crippen LogP contribution is 2.62. The van der Waals surface area contributed by atoms with E-state index < -0.39 is 54.5 Å². The van der Waals surface area contributed by atoms with Crippen molar-refractivity contribution in [2.24, 2.45) is 5.41 Å². The van der Waals surface area contributed by atoms with Gasteiger partial charge < -0.3 is 35.4 Å². The van der Waals surface area contributed by atoms with Gasteiger partial charge in [-0.05, 0) is 217 Å². The van der Waals surface area contributed by atoms with E-state index in [9.17, 15) is 45.0 Å². The molecule has 6 N–H and O–H groups in total. The van der Waals surface area contributed by atoms with Crippen LogP contribution in [0.5, 0.6) is 0 Å². The number of aliphatic hydroxyl groups excluding tert-OH is 3. The number of carboxylic acids is 3. The molecule has 3 aromatic rings. The fraction of sp³-hybridized carbons (Fsp3) is 0.815. The number of hydrogen-bond acceptors (Lipinski definition) is 8. The highest BCUT2D eigenvalue weighted by Gasteiger charge is 2.56. The van der Waals surface area contributed by atoms with Gasteiger partial charge in [-0.2, -0.15) is 0 Å². The predicted molar refractivity (Wildman–Crippen MR) is 551 cm³/mol. The summed E-state index contributed by atoms with van der Waals surface area (Å²) in [6.07, 6.45) is 90.5. The molecule has 0 spiro atoms. The summed E-state index contributed by atoms with van der Waals surface area (Å²) in [5.41, 5.74) is 13.0. The van der Waals surface area contributed by atoms with Crippen molar-refractivity contribution in [2.75, 3.05) is 26.4 Å². The molecular formula is C119H196O10S. The van der Waals surface area contributed by atoms with Gasteiger partial charge in [-0.3, -0.25) is 14.4 Å². The topological polar surface area (TPSA) is 182 Å². The fourth-order valence-corrected chi connectivity index (χ4v) is 25.8. The van der Waals surface area contributed by atoms with E-state index in [2.05, 4.69) is 43.3 Å². The number of benzene rings is 3. The first-order valence-corrected chi connectivity index (χ1v) is 57.4. The number of aliphatic hydroxyl groups is 3. The van der Waals surface area contributed by atoms with Crippen LogP contribution in [0.4, 0.5) is 0 Å². The van der Waals surface area contributed by atoms with Crippen LogP contribution in [0, 0.1) is 5.41 Å². The average Bonchev–Trinajstić information content (AvgIpc) is 0.690. The average molecular weight is 1820 g/mol. The minimum Gasteiger partial charge on any atom is -0.485 e. The van der Waals surface area contributed by atoms with Gasteiger partial charge in [0.2, 0.25) is 0 Å². The second kappa shape index (κ2) is 65.6. The first-order valence-electron chi connectivity index (χ1n) is 57.0. The Kier molecular flexibility index (Phi) is 55.2. The second-order valence-corrected chi connectivity index (χ2v) is 44.2. The molecule has 0 saturated heterocycles. The molecule has 10 nitrogen and oxygen atoms in total. The number of aliphatic carboxylic acids is 3. The molecule has 738 valence electrons. The van der Waals surface area contributed by atoms with Crippen LogP contribution in [0.2, 0.25) is 0 Å². The summed E-state index contributed by atoms with van der Waals surface area (Å²) in [6, 6.07) is 15.9. The van der Waals surface area contributed by atoms with Crippen molar-refractivity contribution in [1.82, 2.24) is 0 Å². The second-order valence-electron chi connectivity index (χ2n) is 43.8. The summed E-state index contributed by atoms with van der Waals surface area (Å²) in [7, 11) is 0. The zero-order chi connectivity index (χ0) is 91.7. The van der Waals surface area contributed by atoms with Gasteiger partial charge in [-0.25, -0.2) is 0 Å². The summed E-state index contributed by atoms with van der Waals surface area (Å²) in [5, 5.41) is 71.0. The Labute approximate surface area is 801 Å². The number of aryl methyl sites for hydroxylation is 3. The molecule has 0 amide bonds. The Morgan fingerprint density at radius 1 is 0.300 bits per heavy atom. The van der Waals surface area contributed by atoms with Gasteiger partial charge in [-0.1, -0.05) is 454 Å². The van der Waals surface area contributed by atoms with Crippen molar-refractivity contribution in [3.63, 3.8) is 0 Å². The zero-order valence-electron chi connectivity index (χ0n) is 83.7. The molecular weight excluding hydrogens is 1620 g/mol. The fourth-order valence-electron chi connectivity index (χ4n) is 25.4. The minimum atomic E-state index is -1.48. The summed E-state index contributed by atoms with van der Waals surface area (Å²) in [5.74, 6) is -2.14. The summed E-state index contributed by atoms with van der Waals surface area (Å²) >= 11 is 8.49. The third kappa shape index (κ3) is 38.0. The van der Waals surface area contributed by atoms with Gasteiger partial charge in [0.25, 0.3) is 0 Å². The van der Waals surface area contributed by atoms with E-state index >= 15 is 0 Å². The van der Waals surface area contributed by atoms with Crippen LogP contribution < -0.4 is 0 Å². The number of rotatable bonds is 36. The van der Waals surface area contributed by atoms with E-state index in [1.165, 1.54) is 313 Å². The third-order valence-electron chi connectivity index (χ3n) is 33.3. The zero-order valence-corrected chi connectivity index (χ0v) is 84.6. The quantitative estimate of drug-likeness (QED) is 0.0241. The lowest BCUT2D eigenvalue weighted by molar-refractivity contribution is -0.138. The lowest BCUT2D eigenvalue weighted by atomic mass is 9.53. The maximum absolute atomic E-state index is 13.8. The molecule has 0 radical (unpaired) electrons. The van der Waals surface area contributed by atoms with Gasteiger partial charge in [0.15, 0.2) is 5.05 Å². The molecule has 6 fully saturated rings. The number of ether oxygens (including phenoxy) is 1.